The zero-order valence-corrected chi connectivity index (χ0v) is 10.1. The average molecular weight is 230 g/mol. The predicted molar refractivity (Wildman–Crippen MR) is 69.7 cm³/mol. The van der Waals surface area contributed by atoms with Crippen molar-refractivity contribution in [2.45, 2.75) is 31.6 Å². The number of benzene rings is 1. The van der Waals surface area contributed by atoms with Crippen molar-refractivity contribution in [3.05, 3.63) is 24.0 Å². The van der Waals surface area contributed by atoms with Crippen molar-refractivity contribution in [1.29, 1.82) is 0 Å². The molecule has 3 N–H and O–H groups in total. The van der Waals surface area contributed by atoms with Crippen LogP contribution in [0, 0.1) is 0 Å². The second kappa shape index (κ2) is 4.04. The van der Waals surface area contributed by atoms with Gasteiger partial charge in [0.25, 0.3) is 0 Å². The summed E-state index contributed by atoms with van der Waals surface area (Å²) < 4.78 is 2.21. The van der Waals surface area contributed by atoms with Gasteiger partial charge in [-0.3, -0.25) is 5.84 Å². The summed E-state index contributed by atoms with van der Waals surface area (Å²) in [5.74, 6) is 7.31. The van der Waals surface area contributed by atoms with Crippen molar-refractivity contribution >= 4 is 16.7 Å². The Morgan fingerprint density at radius 2 is 2.12 bits per heavy atom. The summed E-state index contributed by atoms with van der Waals surface area (Å²) in [6, 6.07) is 6.05. The lowest BCUT2D eigenvalue weighted by atomic mass is 10.1. The van der Waals surface area contributed by atoms with Crippen molar-refractivity contribution < 1.29 is 0 Å². The van der Waals surface area contributed by atoms with Crippen LogP contribution in [0.5, 0.6) is 0 Å². The fourth-order valence-electron chi connectivity index (χ4n) is 2.85. The standard InChI is InChI=1S/C13H18N4/c1-17-12-8-10(16-14)6-7-11(12)15-13(17)9-4-2-3-5-9/h6-9,16H,2-5,14H2,1H3. The van der Waals surface area contributed by atoms with E-state index >= 15 is 0 Å². The zero-order chi connectivity index (χ0) is 11.8. The third-order valence-electron chi connectivity index (χ3n) is 3.80. The van der Waals surface area contributed by atoms with Gasteiger partial charge in [-0.1, -0.05) is 12.8 Å². The number of aryl methyl sites for hydroxylation is 1. The summed E-state index contributed by atoms with van der Waals surface area (Å²) in [6.07, 6.45) is 5.23. The Morgan fingerprint density at radius 1 is 1.35 bits per heavy atom. The van der Waals surface area contributed by atoms with E-state index in [0.29, 0.717) is 5.92 Å². The monoisotopic (exact) mass is 230 g/mol. The molecule has 0 saturated heterocycles. The number of nitrogens with one attached hydrogen (secondary N) is 1. The van der Waals surface area contributed by atoms with E-state index in [1.807, 2.05) is 12.1 Å². The maximum absolute atomic E-state index is 5.44. The van der Waals surface area contributed by atoms with Gasteiger partial charge in [0.05, 0.1) is 16.7 Å². The minimum absolute atomic E-state index is 0.640. The molecule has 1 aromatic heterocycles. The Kier molecular flexibility index (Phi) is 2.52. The minimum Gasteiger partial charge on any atom is -0.331 e. The quantitative estimate of drug-likeness (QED) is 0.615. The Hall–Kier alpha value is -1.55. The van der Waals surface area contributed by atoms with E-state index in [1.54, 1.807) is 0 Å². The lowest BCUT2D eigenvalue weighted by molar-refractivity contribution is 0.639. The molecule has 4 nitrogen and oxygen atoms in total. The van der Waals surface area contributed by atoms with E-state index in [-0.39, 0.29) is 0 Å². The number of rotatable bonds is 2. The van der Waals surface area contributed by atoms with E-state index in [9.17, 15) is 0 Å². The molecule has 1 aliphatic rings. The molecule has 4 heteroatoms. The maximum Gasteiger partial charge on any atom is 0.112 e. The number of nitrogens with zero attached hydrogens (tertiary/aromatic N) is 2. The van der Waals surface area contributed by atoms with Gasteiger partial charge in [0.15, 0.2) is 0 Å². The van der Waals surface area contributed by atoms with Gasteiger partial charge < -0.3 is 9.99 Å². The summed E-state index contributed by atoms with van der Waals surface area (Å²) in [5.41, 5.74) is 5.83. The highest BCUT2D eigenvalue weighted by Gasteiger charge is 2.22. The topological polar surface area (TPSA) is 55.9 Å². The van der Waals surface area contributed by atoms with Crippen LogP contribution in [-0.2, 0) is 7.05 Å². The first kappa shape index (κ1) is 10.6. The Labute approximate surface area is 101 Å². The van der Waals surface area contributed by atoms with Crippen LogP contribution in [0.2, 0.25) is 0 Å². The first-order chi connectivity index (χ1) is 8.29. The Morgan fingerprint density at radius 3 is 2.82 bits per heavy atom. The second-order valence-electron chi connectivity index (χ2n) is 4.86. The fourth-order valence-corrected chi connectivity index (χ4v) is 2.85. The molecule has 0 spiro atoms. The van der Waals surface area contributed by atoms with Gasteiger partial charge in [-0.2, -0.15) is 0 Å². The van der Waals surface area contributed by atoms with Gasteiger partial charge >= 0.3 is 0 Å². The molecule has 1 aromatic carbocycles. The number of aromatic nitrogens is 2. The molecule has 3 rings (SSSR count). The third kappa shape index (κ3) is 1.69. The predicted octanol–water partition coefficient (Wildman–Crippen LogP) is 2.52. The highest BCUT2D eigenvalue weighted by Crippen LogP contribution is 2.34. The second-order valence-corrected chi connectivity index (χ2v) is 4.86. The molecular weight excluding hydrogens is 212 g/mol. The summed E-state index contributed by atoms with van der Waals surface area (Å²) in [6.45, 7) is 0. The summed E-state index contributed by atoms with van der Waals surface area (Å²) >= 11 is 0. The molecule has 90 valence electrons. The molecule has 0 bridgehead atoms. The lowest BCUT2D eigenvalue weighted by Crippen LogP contribution is -2.06. The van der Waals surface area contributed by atoms with Crippen LogP contribution < -0.4 is 11.3 Å². The first-order valence-electron chi connectivity index (χ1n) is 6.22. The van der Waals surface area contributed by atoms with Crippen molar-refractivity contribution in [3.8, 4) is 0 Å². The molecule has 0 aliphatic heterocycles. The van der Waals surface area contributed by atoms with Crippen LogP contribution in [0.15, 0.2) is 18.2 Å². The van der Waals surface area contributed by atoms with Gasteiger partial charge in [0, 0.05) is 13.0 Å². The summed E-state index contributed by atoms with van der Waals surface area (Å²) in [5, 5.41) is 0. The molecular formula is C13H18N4. The Balaban J connectivity index is 2.11. The molecule has 0 radical (unpaired) electrons. The van der Waals surface area contributed by atoms with Crippen molar-refractivity contribution in [2.75, 3.05) is 5.43 Å². The lowest BCUT2D eigenvalue weighted by Gasteiger charge is -2.08. The molecule has 0 atom stereocenters. The first-order valence-corrected chi connectivity index (χ1v) is 6.22. The van der Waals surface area contributed by atoms with Crippen molar-refractivity contribution in [1.82, 2.24) is 9.55 Å². The zero-order valence-electron chi connectivity index (χ0n) is 10.1. The molecule has 1 aliphatic carbocycles. The van der Waals surface area contributed by atoms with Gasteiger partial charge in [-0.05, 0) is 31.0 Å². The number of imidazole rings is 1. The van der Waals surface area contributed by atoms with Gasteiger partial charge in [-0.15, -0.1) is 0 Å². The molecule has 1 saturated carbocycles. The number of hydrogen-bond acceptors (Lipinski definition) is 3. The maximum atomic E-state index is 5.44. The summed E-state index contributed by atoms with van der Waals surface area (Å²) in [4.78, 5) is 4.76. The molecule has 0 amide bonds. The van der Waals surface area contributed by atoms with E-state index < -0.39 is 0 Å². The Bertz CT molecular complexity index is 538. The largest absolute Gasteiger partial charge is 0.331 e. The van der Waals surface area contributed by atoms with Crippen molar-refractivity contribution in [3.63, 3.8) is 0 Å². The number of nitrogens with two attached hydrogens (primary N) is 1. The molecule has 1 heterocycles. The smallest absolute Gasteiger partial charge is 0.112 e. The molecule has 1 fully saturated rings. The average Bonchev–Trinajstić information content (AvgIpc) is 2.97. The summed E-state index contributed by atoms with van der Waals surface area (Å²) in [7, 11) is 2.10. The van der Waals surface area contributed by atoms with Gasteiger partial charge in [-0.25, -0.2) is 4.98 Å². The number of nitrogen functional groups attached to an aromatic ring is 1. The van der Waals surface area contributed by atoms with Crippen molar-refractivity contribution in [2.24, 2.45) is 12.9 Å². The molecule has 17 heavy (non-hydrogen) atoms. The van der Waals surface area contributed by atoms with E-state index in [2.05, 4.69) is 23.1 Å². The van der Waals surface area contributed by atoms with Crippen LogP contribution in [0.1, 0.15) is 37.4 Å². The van der Waals surface area contributed by atoms with E-state index in [0.717, 1.165) is 16.7 Å². The molecule has 2 aromatic rings. The number of fused-ring (bicyclic) bond motifs is 1. The van der Waals surface area contributed by atoms with Gasteiger partial charge in [0.1, 0.15) is 5.82 Å². The van der Waals surface area contributed by atoms with Crippen LogP contribution in [0.3, 0.4) is 0 Å². The number of anilines is 1. The van der Waals surface area contributed by atoms with E-state index in [1.165, 1.54) is 31.5 Å². The minimum atomic E-state index is 0.640. The normalized spacial score (nSPS) is 16.8. The third-order valence-corrected chi connectivity index (χ3v) is 3.80. The highest BCUT2D eigenvalue weighted by atomic mass is 15.2. The van der Waals surface area contributed by atoms with Crippen LogP contribution in [0.25, 0.3) is 11.0 Å². The fraction of sp³-hybridized carbons (Fsp3) is 0.462. The van der Waals surface area contributed by atoms with Gasteiger partial charge in [0.2, 0.25) is 0 Å². The number of hydrazine groups is 1. The van der Waals surface area contributed by atoms with Crippen LogP contribution >= 0.6 is 0 Å². The van der Waals surface area contributed by atoms with E-state index in [4.69, 9.17) is 10.8 Å². The highest BCUT2D eigenvalue weighted by molar-refractivity contribution is 5.80. The van der Waals surface area contributed by atoms with Crippen LogP contribution in [0.4, 0.5) is 5.69 Å². The van der Waals surface area contributed by atoms with Crippen LogP contribution in [-0.4, -0.2) is 9.55 Å². The SMILES string of the molecule is Cn1c(C2CCCC2)nc2ccc(NN)cc21. The number of hydrogen-bond donors (Lipinski definition) is 2. The molecule has 0 unspecified atom stereocenters.